The van der Waals surface area contributed by atoms with Crippen LogP contribution in [0, 0.1) is 0 Å². The van der Waals surface area contributed by atoms with Crippen molar-refractivity contribution in [1.29, 1.82) is 0 Å². The number of hydrogen-bond donors (Lipinski definition) is 2. The van der Waals surface area contributed by atoms with Gasteiger partial charge in [-0.25, -0.2) is 0 Å². The van der Waals surface area contributed by atoms with E-state index in [9.17, 15) is 4.79 Å². The normalized spacial score (nSPS) is 20.1. The maximum atomic E-state index is 11.6. The van der Waals surface area contributed by atoms with Crippen molar-refractivity contribution in [3.05, 3.63) is 22.4 Å². The van der Waals surface area contributed by atoms with Crippen molar-refractivity contribution in [2.45, 2.75) is 31.3 Å². The first-order chi connectivity index (χ1) is 6.62. The van der Waals surface area contributed by atoms with Crippen LogP contribution in [0.2, 0.25) is 0 Å². The van der Waals surface area contributed by atoms with Gasteiger partial charge >= 0.3 is 0 Å². The Hall–Kier alpha value is -0.870. The van der Waals surface area contributed by atoms with Gasteiger partial charge in [-0.2, -0.15) is 0 Å². The highest BCUT2D eigenvalue weighted by molar-refractivity contribution is 7.10. The molecule has 0 radical (unpaired) electrons. The maximum absolute atomic E-state index is 11.6. The largest absolute Gasteiger partial charge is 0.347 e. The monoisotopic (exact) mass is 210 g/mol. The Morgan fingerprint density at radius 3 is 2.93 bits per heavy atom. The van der Waals surface area contributed by atoms with Crippen LogP contribution < -0.4 is 11.1 Å². The summed E-state index contributed by atoms with van der Waals surface area (Å²) in [4.78, 5) is 12.8. The maximum Gasteiger partial charge on any atom is 0.240 e. The highest BCUT2D eigenvalue weighted by Gasteiger charge is 2.46. The van der Waals surface area contributed by atoms with E-state index in [2.05, 4.69) is 5.32 Å². The Balaban J connectivity index is 1.95. The lowest BCUT2D eigenvalue weighted by atomic mass is 10.2. The van der Waals surface area contributed by atoms with E-state index in [0.717, 1.165) is 12.8 Å². The molecule has 1 saturated carbocycles. The zero-order valence-corrected chi connectivity index (χ0v) is 8.93. The van der Waals surface area contributed by atoms with E-state index in [4.69, 9.17) is 5.73 Å². The van der Waals surface area contributed by atoms with Crippen molar-refractivity contribution in [2.75, 3.05) is 0 Å². The molecule has 0 bridgehead atoms. The summed E-state index contributed by atoms with van der Waals surface area (Å²) in [6.07, 6.45) is 1.63. The number of hydrogen-bond acceptors (Lipinski definition) is 3. The van der Waals surface area contributed by atoms with Gasteiger partial charge in [0, 0.05) is 4.88 Å². The van der Waals surface area contributed by atoms with E-state index in [1.54, 1.807) is 11.3 Å². The molecule has 0 unspecified atom stereocenters. The van der Waals surface area contributed by atoms with Crippen molar-refractivity contribution < 1.29 is 4.79 Å². The SMILES string of the molecule is C[C@H](NC(=O)C1(N)CC1)c1cccs1. The van der Waals surface area contributed by atoms with E-state index in [0.29, 0.717) is 0 Å². The minimum absolute atomic E-state index is 0.0154. The Kier molecular flexibility index (Phi) is 2.33. The van der Waals surface area contributed by atoms with E-state index in [1.807, 2.05) is 24.4 Å². The summed E-state index contributed by atoms with van der Waals surface area (Å²) in [6.45, 7) is 1.98. The highest BCUT2D eigenvalue weighted by atomic mass is 32.1. The Morgan fingerprint density at radius 1 is 1.71 bits per heavy atom. The standard InChI is InChI=1S/C10H14N2OS/c1-7(8-3-2-6-14-8)12-9(13)10(11)4-5-10/h2-3,6-7H,4-5,11H2,1H3,(H,12,13)/t7-/m0/s1. The summed E-state index contributed by atoms with van der Waals surface area (Å²) in [6, 6.07) is 4.08. The van der Waals surface area contributed by atoms with Crippen LogP contribution in [0.15, 0.2) is 17.5 Å². The van der Waals surface area contributed by atoms with Crippen LogP contribution in [-0.2, 0) is 4.79 Å². The van der Waals surface area contributed by atoms with Gasteiger partial charge in [-0.05, 0) is 31.2 Å². The minimum atomic E-state index is -0.564. The fraction of sp³-hybridized carbons (Fsp3) is 0.500. The van der Waals surface area contributed by atoms with E-state index < -0.39 is 5.54 Å². The number of carbonyl (C=O) groups is 1. The van der Waals surface area contributed by atoms with Crippen molar-refractivity contribution in [2.24, 2.45) is 5.73 Å². The lowest BCUT2D eigenvalue weighted by Crippen LogP contribution is -2.43. The summed E-state index contributed by atoms with van der Waals surface area (Å²) in [5, 5.41) is 4.94. The average molecular weight is 210 g/mol. The molecule has 3 N–H and O–H groups in total. The third kappa shape index (κ3) is 1.81. The van der Waals surface area contributed by atoms with Crippen LogP contribution >= 0.6 is 11.3 Å². The predicted octanol–water partition coefficient (Wildman–Crippen LogP) is 1.42. The van der Waals surface area contributed by atoms with Crippen LogP contribution in [-0.4, -0.2) is 11.4 Å². The molecule has 2 rings (SSSR count). The highest BCUT2D eigenvalue weighted by Crippen LogP contribution is 2.33. The topological polar surface area (TPSA) is 55.1 Å². The molecule has 1 heterocycles. The molecule has 76 valence electrons. The molecule has 1 atom stereocenters. The number of nitrogens with two attached hydrogens (primary N) is 1. The first-order valence-corrected chi connectivity index (χ1v) is 5.63. The molecule has 4 heteroatoms. The zero-order valence-electron chi connectivity index (χ0n) is 8.12. The molecule has 0 saturated heterocycles. The van der Waals surface area contributed by atoms with Gasteiger partial charge < -0.3 is 11.1 Å². The third-order valence-corrected chi connectivity index (χ3v) is 3.61. The van der Waals surface area contributed by atoms with Crippen LogP contribution in [0.1, 0.15) is 30.7 Å². The fourth-order valence-electron chi connectivity index (χ4n) is 1.31. The smallest absolute Gasteiger partial charge is 0.240 e. The molecule has 1 aromatic heterocycles. The van der Waals surface area contributed by atoms with E-state index in [-0.39, 0.29) is 11.9 Å². The van der Waals surface area contributed by atoms with Gasteiger partial charge in [-0.1, -0.05) is 6.07 Å². The molecule has 14 heavy (non-hydrogen) atoms. The number of amides is 1. The lowest BCUT2D eigenvalue weighted by Gasteiger charge is -2.15. The molecule has 0 aromatic carbocycles. The van der Waals surface area contributed by atoms with Crippen LogP contribution in [0.25, 0.3) is 0 Å². The minimum Gasteiger partial charge on any atom is -0.347 e. The molecule has 1 amide bonds. The molecule has 1 fully saturated rings. The second kappa shape index (κ2) is 3.37. The molecular weight excluding hydrogens is 196 g/mol. The summed E-state index contributed by atoms with van der Waals surface area (Å²) in [7, 11) is 0. The van der Waals surface area contributed by atoms with Gasteiger partial charge in [0.05, 0.1) is 11.6 Å². The first-order valence-electron chi connectivity index (χ1n) is 4.75. The second-order valence-corrected chi connectivity index (χ2v) is 4.85. The summed E-state index contributed by atoms with van der Waals surface area (Å²) < 4.78 is 0. The van der Waals surface area contributed by atoms with Gasteiger partial charge in [0.2, 0.25) is 5.91 Å². The number of carbonyl (C=O) groups excluding carboxylic acids is 1. The number of rotatable bonds is 3. The number of nitrogens with one attached hydrogen (secondary N) is 1. The van der Waals surface area contributed by atoms with Crippen molar-refractivity contribution in [1.82, 2.24) is 5.32 Å². The van der Waals surface area contributed by atoms with Crippen LogP contribution in [0.3, 0.4) is 0 Å². The fourth-order valence-corrected chi connectivity index (χ4v) is 2.05. The summed E-state index contributed by atoms with van der Waals surface area (Å²) in [5.41, 5.74) is 5.22. The average Bonchev–Trinajstić information content (AvgIpc) is 2.71. The van der Waals surface area contributed by atoms with Gasteiger partial charge in [-0.15, -0.1) is 11.3 Å². The molecule has 0 aliphatic heterocycles. The lowest BCUT2D eigenvalue weighted by molar-refractivity contribution is -0.123. The zero-order chi connectivity index (χ0) is 10.2. The van der Waals surface area contributed by atoms with Crippen molar-refractivity contribution in [3.63, 3.8) is 0 Å². The molecular formula is C10H14N2OS. The van der Waals surface area contributed by atoms with Gasteiger partial charge in [0.15, 0.2) is 0 Å². The van der Waals surface area contributed by atoms with E-state index >= 15 is 0 Å². The Labute approximate surface area is 87.3 Å². The van der Waals surface area contributed by atoms with Gasteiger partial charge in [0.25, 0.3) is 0 Å². The predicted molar refractivity (Wildman–Crippen MR) is 57.0 cm³/mol. The molecule has 3 nitrogen and oxygen atoms in total. The molecule has 1 aromatic rings. The van der Waals surface area contributed by atoms with Crippen molar-refractivity contribution in [3.8, 4) is 0 Å². The first kappa shape index (κ1) is 9.68. The van der Waals surface area contributed by atoms with Gasteiger partial charge in [-0.3, -0.25) is 4.79 Å². The molecule has 1 aliphatic carbocycles. The van der Waals surface area contributed by atoms with Gasteiger partial charge in [0.1, 0.15) is 0 Å². The Bertz CT molecular complexity index is 330. The summed E-state index contributed by atoms with van der Waals surface area (Å²) >= 11 is 1.65. The van der Waals surface area contributed by atoms with E-state index in [1.165, 1.54) is 4.88 Å². The second-order valence-electron chi connectivity index (χ2n) is 3.87. The van der Waals surface area contributed by atoms with Crippen molar-refractivity contribution >= 4 is 17.2 Å². The summed E-state index contributed by atoms with van der Waals surface area (Å²) in [5.74, 6) is -0.0154. The van der Waals surface area contributed by atoms with Crippen LogP contribution in [0.5, 0.6) is 0 Å². The quantitative estimate of drug-likeness (QED) is 0.792. The van der Waals surface area contributed by atoms with Crippen LogP contribution in [0.4, 0.5) is 0 Å². The Morgan fingerprint density at radius 2 is 2.43 bits per heavy atom. The number of thiophene rings is 1. The molecule has 0 spiro atoms. The molecule has 1 aliphatic rings. The third-order valence-electron chi connectivity index (χ3n) is 2.56.